The molecule has 4 nitrogen and oxygen atoms in total. The maximum Gasteiger partial charge on any atom is 0.426 e. The predicted molar refractivity (Wildman–Crippen MR) is 84.9 cm³/mol. The van der Waals surface area contributed by atoms with E-state index < -0.39 is 23.0 Å². The normalized spacial score (nSPS) is 11.7. The number of aromatic nitrogens is 2. The monoisotopic (exact) mass is 370 g/mol. The summed E-state index contributed by atoms with van der Waals surface area (Å²) in [5.41, 5.74) is -0.0962. The van der Waals surface area contributed by atoms with Gasteiger partial charge in [0.25, 0.3) is 0 Å². The molecule has 25 heavy (non-hydrogen) atoms. The lowest BCUT2D eigenvalue weighted by atomic mass is 10.1. The quantitative estimate of drug-likeness (QED) is 0.476. The first-order valence-electron chi connectivity index (χ1n) is 6.92. The van der Waals surface area contributed by atoms with E-state index >= 15 is 0 Å². The Bertz CT molecular complexity index is 959. The Hall–Kier alpha value is -2.68. The van der Waals surface area contributed by atoms with Crippen molar-refractivity contribution in [1.29, 1.82) is 0 Å². The van der Waals surface area contributed by atoms with Crippen molar-refractivity contribution in [2.24, 2.45) is 0 Å². The predicted octanol–water partition coefficient (Wildman–Crippen LogP) is 5.09. The molecule has 0 aliphatic heterocycles. The first-order valence-corrected chi connectivity index (χ1v) is 7.80. The smallest absolute Gasteiger partial charge is 0.426 e. The molecule has 0 atom stereocenters. The van der Waals surface area contributed by atoms with Crippen LogP contribution in [-0.4, -0.2) is 22.3 Å². The van der Waals surface area contributed by atoms with Crippen LogP contribution in [0.4, 0.5) is 22.4 Å². The molecule has 3 aromatic rings. The number of halogens is 4. The van der Waals surface area contributed by atoms with Crippen LogP contribution in [0.3, 0.4) is 0 Å². The maximum absolute atomic E-state index is 13.6. The van der Waals surface area contributed by atoms with Crippen LogP contribution in [0.2, 0.25) is 0 Å². The summed E-state index contributed by atoms with van der Waals surface area (Å²) in [7, 11) is 0. The summed E-state index contributed by atoms with van der Waals surface area (Å²) in [5.74, 6) is -0.727. The van der Waals surface area contributed by atoms with E-state index in [1.54, 1.807) is 0 Å². The highest BCUT2D eigenvalue weighted by Gasteiger charge is 2.36. The first-order chi connectivity index (χ1) is 11.8. The van der Waals surface area contributed by atoms with E-state index in [9.17, 15) is 22.4 Å². The Balaban J connectivity index is 2.23. The third-order valence-electron chi connectivity index (χ3n) is 3.34. The maximum atomic E-state index is 13.6. The molecular weight excluding hydrogens is 360 g/mol. The SMILES string of the molecule is C=CCOC(=O)n1cc(-c2ccsc2C(F)(F)F)c2cc(F)cnc21. The van der Waals surface area contributed by atoms with E-state index in [0.717, 1.165) is 16.8 Å². The number of hydrogen-bond acceptors (Lipinski definition) is 4. The Kier molecular flexibility index (Phi) is 4.34. The third kappa shape index (κ3) is 3.14. The number of rotatable bonds is 3. The van der Waals surface area contributed by atoms with E-state index in [4.69, 9.17) is 4.74 Å². The second-order valence-corrected chi connectivity index (χ2v) is 5.88. The van der Waals surface area contributed by atoms with Crippen molar-refractivity contribution < 1.29 is 27.1 Å². The Labute approximate surface area is 143 Å². The number of ether oxygens (including phenoxy) is 1. The van der Waals surface area contributed by atoms with Crippen LogP contribution in [0.5, 0.6) is 0 Å². The molecule has 0 fully saturated rings. The summed E-state index contributed by atoms with van der Waals surface area (Å²) in [4.78, 5) is 15.1. The van der Waals surface area contributed by atoms with Crippen LogP contribution in [0.15, 0.2) is 42.6 Å². The fourth-order valence-corrected chi connectivity index (χ4v) is 3.16. The number of carbonyl (C=O) groups is 1. The minimum absolute atomic E-state index is 0.00443. The molecule has 0 radical (unpaired) electrons. The lowest BCUT2D eigenvalue weighted by Gasteiger charge is -2.06. The highest BCUT2D eigenvalue weighted by Crippen LogP contribution is 2.43. The summed E-state index contributed by atoms with van der Waals surface area (Å²) in [5, 5.41) is 1.36. The van der Waals surface area contributed by atoms with Crippen molar-refractivity contribution in [3.63, 3.8) is 0 Å². The van der Waals surface area contributed by atoms with E-state index in [-0.39, 0.29) is 28.8 Å². The topological polar surface area (TPSA) is 44.1 Å². The number of carbonyl (C=O) groups excluding carboxylic acids is 1. The lowest BCUT2D eigenvalue weighted by Crippen LogP contribution is -2.13. The molecule has 0 amide bonds. The van der Waals surface area contributed by atoms with E-state index in [0.29, 0.717) is 11.3 Å². The van der Waals surface area contributed by atoms with Gasteiger partial charge in [0.2, 0.25) is 0 Å². The molecule has 3 rings (SSSR count). The number of fused-ring (bicyclic) bond motifs is 1. The molecular formula is C16H10F4N2O2S. The number of hydrogen-bond donors (Lipinski definition) is 0. The van der Waals surface area contributed by atoms with Crippen LogP contribution in [-0.2, 0) is 10.9 Å². The highest BCUT2D eigenvalue weighted by atomic mass is 32.1. The summed E-state index contributed by atoms with van der Waals surface area (Å²) >= 11 is 0.518. The van der Waals surface area contributed by atoms with Gasteiger partial charge in [0.05, 0.1) is 6.20 Å². The average Bonchev–Trinajstić information content (AvgIpc) is 3.16. The minimum atomic E-state index is -4.57. The largest absolute Gasteiger partial charge is 0.445 e. The van der Waals surface area contributed by atoms with Gasteiger partial charge in [0.15, 0.2) is 0 Å². The molecule has 0 saturated carbocycles. The minimum Gasteiger partial charge on any atom is -0.445 e. The fraction of sp³-hybridized carbons (Fsp3) is 0.125. The second-order valence-electron chi connectivity index (χ2n) is 4.96. The molecule has 0 aliphatic rings. The fourth-order valence-electron chi connectivity index (χ4n) is 2.38. The van der Waals surface area contributed by atoms with Crippen molar-refractivity contribution in [1.82, 2.24) is 9.55 Å². The molecule has 0 saturated heterocycles. The molecule has 0 N–H and O–H groups in total. The Morgan fingerprint density at radius 1 is 1.40 bits per heavy atom. The summed E-state index contributed by atoms with van der Waals surface area (Å²) < 4.78 is 59.0. The number of alkyl halides is 3. The molecule has 0 bridgehead atoms. The Morgan fingerprint density at radius 2 is 2.16 bits per heavy atom. The first kappa shape index (κ1) is 17.2. The second kappa shape index (κ2) is 6.32. The van der Waals surface area contributed by atoms with Crippen LogP contribution in [0.25, 0.3) is 22.2 Å². The molecule has 0 aliphatic carbocycles. The van der Waals surface area contributed by atoms with Crippen LogP contribution in [0, 0.1) is 5.82 Å². The molecule has 0 aromatic carbocycles. The van der Waals surface area contributed by atoms with Gasteiger partial charge in [0.1, 0.15) is 22.9 Å². The van der Waals surface area contributed by atoms with Crippen molar-refractivity contribution in [3.8, 4) is 11.1 Å². The van der Waals surface area contributed by atoms with Gasteiger partial charge in [0, 0.05) is 22.7 Å². The van der Waals surface area contributed by atoms with E-state index in [2.05, 4.69) is 11.6 Å². The zero-order valence-corrected chi connectivity index (χ0v) is 13.3. The molecule has 0 spiro atoms. The Morgan fingerprint density at radius 3 is 2.84 bits per heavy atom. The molecule has 0 unspecified atom stereocenters. The van der Waals surface area contributed by atoms with Gasteiger partial charge in [-0.2, -0.15) is 13.2 Å². The van der Waals surface area contributed by atoms with Gasteiger partial charge in [-0.1, -0.05) is 12.7 Å². The van der Waals surface area contributed by atoms with Gasteiger partial charge >= 0.3 is 12.3 Å². The van der Waals surface area contributed by atoms with Crippen molar-refractivity contribution >= 4 is 28.5 Å². The van der Waals surface area contributed by atoms with Crippen molar-refractivity contribution in [2.75, 3.05) is 6.61 Å². The van der Waals surface area contributed by atoms with Gasteiger partial charge in [-0.15, -0.1) is 11.3 Å². The van der Waals surface area contributed by atoms with Crippen molar-refractivity contribution in [2.45, 2.75) is 6.18 Å². The van der Waals surface area contributed by atoms with Gasteiger partial charge in [-0.3, -0.25) is 0 Å². The molecule has 9 heteroatoms. The van der Waals surface area contributed by atoms with Crippen LogP contribution in [0.1, 0.15) is 4.88 Å². The van der Waals surface area contributed by atoms with Gasteiger partial charge < -0.3 is 4.74 Å². The molecule has 130 valence electrons. The van der Waals surface area contributed by atoms with Crippen LogP contribution < -0.4 is 0 Å². The summed E-state index contributed by atoms with van der Waals surface area (Å²) in [6.45, 7) is 3.33. The van der Waals surface area contributed by atoms with Crippen LogP contribution >= 0.6 is 11.3 Å². The van der Waals surface area contributed by atoms with E-state index in [1.807, 2.05) is 0 Å². The standard InChI is InChI=1S/C16H10F4N2O2S/c1-2-4-24-15(23)22-8-12(11-6-9(17)7-21-14(11)22)10-3-5-25-13(10)16(18,19)20/h2-3,5-8H,1,4H2. The number of thiophene rings is 1. The third-order valence-corrected chi connectivity index (χ3v) is 4.30. The van der Waals surface area contributed by atoms with Gasteiger partial charge in [-0.05, 0) is 17.5 Å². The molecule has 3 heterocycles. The molecule has 3 aromatic heterocycles. The van der Waals surface area contributed by atoms with Gasteiger partial charge in [-0.25, -0.2) is 18.7 Å². The zero-order valence-electron chi connectivity index (χ0n) is 12.5. The summed E-state index contributed by atoms with van der Waals surface area (Å²) in [6, 6.07) is 2.30. The van der Waals surface area contributed by atoms with E-state index in [1.165, 1.54) is 23.7 Å². The highest BCUT2D eigenvalue weighted by molar-refractivity contribution is 7.10. The van der Waals surface area contributed by atoms with Crippen molar-refractivity contribution in [3.05, 3.63) is 53.3 Å². The lowest BCUT2D eigenvalue weighted by molar-refractivity contribution is -0.133. The average molecular weight is 370 g/mol. The summed E-state index contributed by atoms with van der Waals surface area (Å²) in [6.07, 6.45) is -2.03. The number of pyridine rings is 1. The zero-order chi connectivity index (χ0) is 18.2. The number of nitrogens with zero attached hydrogens (tertiary/aromatic N) is 2.